The summed E-state index contributed by atoms with van der Waals surface area (Å²) >= 11 is 3.30. The highest BCUT2D eigenvalue weighted by molar-refractivity contribution is 9.10. The molecular formula is C9H11BrN2O2. The number of nitro benzene ring substituents is 1. The molecule has 0 aliphatic heterocycles. The Kier molecular flexibility index (Phi) is 4.03. The predicted molar refractivity (Wildman–Crippen MR) is 58.2 cm³/mol. The maximum absolute atomic E-state index is 10.7. The van der Waals surface area contributed by atoms with Gasteiger partial charge >= 0.3 is 0 Å². The van der Waals surface area contributed by atoms with Crippen LogP contribution in [0.4, 0.5) is 5.69 Å². The first-order chi connectivity index (χ1) is 6.66. The van der Waals surface area contributed by atoms with E-state index in [1.807, 2.05) is 6.92 Å². The van der Waals surface area contributed by atoms with E-state index in [2.05, 4.69) is 21.2 Å². The van der Waals surface area contributed by atoms with Crippen molar-refractivity contribution in [3.05, 3.63) is 38.3 Å². The molecule has 0 bridgehead atoms. The second kappa shape index (κ2) is 5.07. The van der Waals surface area contributed by atoms with Gasteiger partial charge in [0.25, 0.3) is 5.69 Å². The minimum Gasteiger partial charge on any atom is -0.313 e. The fourth-order valence-corrected chi connectivity index (χ4v) is 1.64. The van der Waals surface area contributed by atoms with Crippen LogP contribution < -0.4 is 5.32 Å². The lowest BCUT2D eigenvalue weighted by Crippen LogP contribution is -2.13. The van der Waals surface area contributed by atoms with Gasteiger partial charge in [0.15, 0.2) is 0 Å². The number of hydrogen-bond donors (Lipinski definition) is 1. The summed E-state index contributed by atoms with van der Waals surface area (Å²) in [5, 5.41) is 13.8. The molecule has 4 nitrogen and oxygen atoms in total. The Morgan fingerprint density at radius 3 is 2.86 bits per heavy atom. The zero-order valence-electron chi connectivity index (χ0n) is 7.79. The number of rotatable bonds is 4. The van der Waals surface area contributed by atoms with Gasteiger partial charge in [-0.1, -0.05) is 28.9 Å². The Bertz CT molecular complexity index is 342. The molecule has 0 saturated heterocycles. The third kappa shape index (κ3) is 2.52. The fourth-order valence-electron chi connectivity index (χ4n) is 1.14. The lowest BCUT2D eigenvalue weighted by molar-refractivity contribution is -0.385. The van der Waals surface area contributed by atoms with Gasteiger partial charge < -0.3 is 5.32 Å². The average molecular weight is 259 g/mol. The molecule has 0 spiro atoms. The molecule has 1 N–H and O–H groups in total. The van der Waals surface area contributed by atoms with Crippen LogP contribution in [0.15, 0.2) is 22.7 Å². The first-order valence-corrected chi connectivity index (χ1v) is 5.08. The van der Waals surface area contributed by atoms with Crippen LogP contribution in [0.5, 0.6) is 0 Å². The SMILES string of the molecule is CCNCc1c(Br)cccc1[N+](=O)[O-]. The summed E-state index contributed by atoms with van der Waals surface area (Å²) in [4.78, 5) is 10.3. The summed E-state index contributed by atoms with van der Waals surface area (Å²) < 4.78 is 0.771. The van der Waals surface area contributed by atoms with Gasteiger partial charge in [0.05, 0.1) is 10.5 Å². The minimum atomic E-state index is -0.364. The standard InChI is InChI=1S/C9H11BrN2O2/c1-2-11-6-7-8(10)4-3-5-9(7)12(13)14/h3-5,11H,2,6H2,1H3. The van der Waals surface area contributed by atoms with Gasteiger partial charge in [-0.2, -0.15) is 0 Å². The van der Waals surface area contributed by atoms with E-state index in [1.165, 1.54) is 6.07 Å². The van der Waals surface area contributed by atoms with Crippen molar-refractivity contribution >= 4 is 21.6 Å². The molecule has 5 heteroatoms. The van der Waals surface area contributed by atoms with Crippen LogP contribution in [0.1, 0.15) is 12.5 Å². The number of nitrogens with one attached hydrogen (secondary N) is 1. The van der Waals surface area contributed by atoms with Crippen LogP contribution in [-0.4, -0.2) is 11.5 Å². The van der Waals surface area contributed by atoms with Crippen molar-refractivity contribution in [1.82, 2.24) is 5.32 Å². The van der Waals surface area contributed by atoms with E-state index in [0.29, 0.717) is 12.1 Å². The molecule has 0 heterocycles. The molecule has 0 unspecified atom stereocenters. The molecule has 1 aromatic rings. The third-order valence-corrected chi connectivity index (χ3v) is 2.59. The van der Waals surface area contributed by atoms with Gasteiger partial charge in [0.1, 0.15) is 0 Å². The van der Waals surface area contributed by atoms with E-state index in [9.17, 15) is 10.1 Å². The summed E-state index contributed by atoms with van der Waals surface area (Å²) in [6, 6.07) is 4.98. The Morgan fingerprint density at radius 2 is 2.29 bits per heavy atom. The molecule has 0 atom stereocenters. The largest absolute Gasteiger partial charge is 0.313 e. The summed E-state index contributed by atoms with van der Waals surface area (Å²) in [6.45, 7) is 3.26. The molecule has 0 aliphatic rings. The monoisotopic (exact) mass is 258 g/mol. The maximum atomic E-state index is 10.7. The van der Waals surface area contributed by atoms with Crippen LogP contribution in [0.25, 0.3) is 0 Å². The minimum absolute atomic E-state index is 0.153. The first-order valence-electron chi connectivity index (χ1n) is 4.29. The number of benzene rings is 1. The van der Waals surface area contributed by atoms with E-state index in [-0.39, 0.29) is 10.6 Å². The van der Waals surface area contributed by atoms with Crippen LogP contribution in [-0.2, 0) is 6.54 Å². The highest BCUT2D eigenvalue weighted by Crippen LogP contribution is 2.26. The summed E-state index contributed by atoms with van der Waals surface area (Å²) in [5.74, 6) is 0. The predicted octanol–water partition coefficient (Wildman–Crippen LogP) is 2.47. The molecule has 0 aliphatic carbocycles. The smallest absolute Gasteiger partial charge is 0.275 e. The van der Waals surface area contributed by atoms with E-state index in [0.717, 1.165) is 11.0 Å². The molecule has 0 radical (unpaired) electrons. The number of hydrogen-bond acceptors (Lipinski definition) is 3. The van der Waals surface area contributed by atoms with Crippen LogP contribution in [0, 0.1) is 10.1 Å². The summed E-state index contributed by atoms with van der Waals surface area (Å²) in [5.41, 5.74) is 0.847. The second-order valence-electron chi connectivity index (χ2n) is 2.77. The molecule has 0 aromatic heterocycles. The molecule has 1 aromatic carbocycles. The second-order valence-corrected chi connectivity index (χ2v) is 3.63. The molecule has 76 valence electrons. The van der Waals surface area contributed by atoms with Crippen molar-refractivity contribution < 1.29 is 4.92 Å². The molecule has 14 heavy (non-hydrogen) atoms. The van der Waals surface area contributed by atoms with E-state index < -0.39 is 0 Å². The Hall–Kier alpha value is -0.940. The normalized spacial score (nSPS) is 10.1. The van der Waals surface area contributed by atoms with Crippen LogP contribution >= 0.6 is 15.9 Å². The summed E-state index contributed by atoms with van der Waals surface area (Å²) in [7, 11) is 0. The molecule has 0 amide bonds. The van der Waals surface area contributed by atoms with Crippen molar-refractivity contribution in [3.63, 3.8) is 0 Å². The van der Waals surface area contributed by atoms with Crippen molar-refractivity contribution in [1.29, 1.82) is 0 Å². The van der Waals surface area contributed by atoms with Crippen LogP contribution in [0.2, 0.25) is 0 Å². The lowest BCUT2D eigenvalue weighted by Gasteiger charge is -2.05. The molecule has 0 saturated carbocycles. The lowest BCUT2D eigenvalue weighted by atomic mass is 10.2. The third-order valence-electron chi connectivity index (χ3n) is 1.84. The zero-order valence-corrected chi connectivity index (χ0v) is 9.37. The number of halogens is 1. The molecule has 1 rings (SSSR count). The topological polar surface area (TPSA) is 55.2 Å². The van der Waals surface area contributed by atoms with E-state index in [4.69, 9.17) is 0 Å². The quantitative estimate of drug-likeness (QED) is 0.667. The van der Waals surface area contributed by atoms with Crippen molar-refractivity contribution in [2.75, 3.05) is 6.54 Å². The van der Waals surface area contributed by atoms with E-state index >= 15 is 0 Å². The van der Waals surface area contributed by atoms with Gasteiger partial charge in [0.2, 0.25) is 0 Å². The number of nitrogens with zero attached hydrogens (tertiary/aromatic N) is 1. The Labute approximate surface area is 90.6 Å². The van der Waals surface area contributed by atoms with Gasteiger partial charge in [-0.25, -0.2) is 0 Å². The Balaban J connectivity index is 3.02. The zero-order chi connectivity index (χ0) is 10.6. The average Bonchev–Trinajstić information content (AvgIpc) is 2.15. The highest BCUT2D eigenvalue weighted by Gasteiger charge is 2.14. The van der Waals surface area contributed by atoms with Crippen molar-refractivity contribution in [3.8, 4) is 0 Å². The first kappa shape index (κ1) is 11.1. The van der Waals surface area contributed by atoms with Crippen molar-refractivity contribution in [2.24, 2.45) is 0 Å². The van der Waals surface area contributed by atoms with Gasteiger partial charge in [-0.15, -0.1) is 0 Å². The van der Waals surface area contributed by atoms with Crippen molar-refractivity contribution in [2.45, 2.75) is 13.5 Å². The maximum Gasteiger partial charge on any atom is 0.275 e. The van der Waals surface area contributed by atoms with E-state index in [1.54, 1.807) is 12.1 Å². The van der Waals surface area contributed by atoms with Crippen LogP contribution in [0.3, 0.4) is 0 Å². The van der Waals surface area contributed by atoms with Gasteiger partial charge in [-0.05, 0) is 12.6 Å². The van der Waals surface area contributed by atoms with Gasteiger partial charge in [0, 0.05) is 17.1 Å². The highest BCUT2D eigenvalue weighted by atomic mass is 79.9. The summed E-state index contributed by atoms with van der Waals surface area (Å²) in [6.07, 6.45) is 0. The molecular weight excluding hydrogens is 248 g/mol. The fraction of sp³-hybridized carbons (Fsp3) is 0.333. The van der Waals surface area contributed by atoms with Gasteiger partial charge in [-0.3, -0.25) is 10.1 Å². The molecule has 0 fully saturated rings. The number of nitro groups is 1. The Morgan fingerprint density at radius 1 is 1.57 bits per heavy atom.